The molecule has 0 radical (unpaired) electrons. The molecule has 0 unspecified atom stereocenters. The number of H-pyrrole nitrogens is 1. The van der Waals surface area contributed by atoms with Crippen molar-refractivity contribution in [2.75, 3.05) is 7.11 Å². The molecule has 0 spiro atoms. The van der Waals surface area contributed by atoms with E-state index < -0.39 is 0 Å². The normalized spacial score (nSPS) is 10.8. The molecule has 0 bridgehead atoms. The number of hydrogen-bond acceptors (Lipinski definition) is 2. The second-order valence-electron chi connectivity index (χ2n) is 4.91. The minimum atomic E-state index is 0.626. The Labute approximate surface area is 127 Å². The fourth-order valence-corrected chi connectivity index (χ4v) is 2.83. The Morgan fingerprint density at radius 1 is 1.19 bits per heavy atom. The Morgan fingerprint density at radius 3 is 2.52 bits per heavy atom. The van der Waals surface area contributed by atoms with E-state index in [4.69, 9.17) is 16.3 Å². The van der Waals surface area contributed by atoms with Crippen LogP contribution in [0.5, 0.6) is 5.75 Å². The van der Waals surface area contributed by atoms with Gasteiger partial charge in [-0.2, -0.15) is 0 Å². The van der Waals surface area contributed by atoms with Crippen LogP contribution in [0.2, 0.25) is 5.02 Å². The number of carbonyl (C=O) groups is 1. The summed E-state index contributed by atoms with van der Waals surface area (Å²) in [5, 5.41) is 1.48. The lowest BCUT2D eigenvalue weighted by Gasteiger charge is -2.02. The standard InChI is InChI=1S/C17H14ClNO2/c1-10-7-12(18)8-14-15(9-20)17(19-16(10)14)11-3-5-13(21-2)6-4-11/h3-9,19H,1-2H3. The molecule has 4 heteroatoms. The molecule has 3 nitrogen and oxygen atoms in total. The SMILES string of the molecule is COc1ccc(-c2[nH]c3c(C)cc(Cl)cc3c2C=O)cc1. The number of fused-ring (bicyclic) bond motifs is 1. The molecule has 3 aromatic rings. The average Bonchev–Trinajstić information content (AvgIpc) is 2.86. The number of ether oxygens (including phenoxy) is 1. The van der Waals surface area contributed by atoms with Gasteiger partial charge in [-0.15, -0.1) is 0 Å². The number of nitrogens with one attached hydrogen (secondary N) is 1. The summed E-state index contributed by atoms with van der Waals surface area (Å²) >= 11 is 6.10. The molecule has 0 saturated heterocycles. The van der Waals surface area contributed by atoms with E-state index in [1.807, 2.05) is 43.3 Å². The maximum Gasteiger partial charge on any atom is 0.152 e. The summed E-state index contributed by atoms with van der Waals surface area (Å²) < 4.78 is 5.16. The minimum Gasteiger partial charge on any atom is -0.497 e. The van der Waals surface area contributed by atoms with Crippen molar-refractivity contribution in [3.63, 3.8) is 0 Å². The summed E-state index contributed by atoms with van der Waals surface area (Å²) in [4.78, 5) is 14.9. The molecule has 0 aliphatic rings. The third kappa shape index (κ3) is 2.30. The van der Waals surface area contributed by atoms with Crippen molar-refractivity contribution in [1.29, 1.82) is 0 Å². The zero-order valence-corrected chi connectivity index (χ0v) is 12.5. The smallest absolute Gasteiger partial charge is 0.152 e. The number of methoxy groups -OCH3 is 1. The molecule has 0 saturated carbocycles. The van der Waals surface area contributed by atoms with Gasteiger partial charge in [-0.05, 0) is 54.4 Å². The van der Waals surface area contributed by atoms with Crippen molar-refractivity contribution in [1.82, 2.24) is 4.98 Å². The second kappa shape index (κ2) is 5.26. The minimum absolute atomic E-state index is 0.626. The number of aryl methyl sites for hydroxylation is 1. The number of carbonyl (C=O) groups excluding carboxylic acids is 1. The number of rotatable bonds is 3. The highest BCUT2D eigenvalue weighted by Gasteiger charge is 2.14. The van der Waals surface area contributed by atoms with Crippen molar-refractivity contribution < 1.29 is 9.53 Å². The molecule has 21 heavy (non-hydrogen) atoms. The summed E-state index contributed by atoms with van der Waals surface area (Å²) in [6.07, 6.45) is 0.869. The van der Waals surface area contributed by atoms with E-state index >= 15 is 0 Å². The number of halogens is 1. The fraction of sp³-hybridized carbons (Fsp3) is 0.118. The maximum absolute atomic E-state index is 11.5. The molecule has 2 aromatic carbocycles. The van der Waals surface area contributed by atoms with Crippen LogP contribution in [-0.4, -0.2) is 18.4 Å². The van der Waals surface area contributed by atoms with Gasteiger partial charge in [0.15, 0.2) is 6.29 Å². The van der Waals surface area contributed by atoms with E-state index in [1.165, 1.54) is 0 Å². The van der Waals surface area contributed by atoms with Crippen LogP contribution in [0.3, 0.4) is 0 Å². The van der Waals surface area contributed by atoms with Crippen LogP contribution < -0.4 is 4.74 Å². The Kier molecular flexibility index (Phi) is 3.43. The highest BCUT2D eigenvalue weighted by Crippen LogP contribution is 2.33. The Balaban J connectivity index is 2.26. The lowest BCUT2D eigenvalue weighted by atomic mass is 10.1. The van der Waals surface area contributed by atoms with Gasteiger partial charge in [0.1, 0.15) is 5.75 Å². The average molecular weight is 300 g/mol. The second-order valence-corrected chi connectivity index (χ2v) is 5.34. The number of hydrogen-bond donors (Lipinski definition) is 1. The van der Waals surface area contributed by atoms with Crippen molar-refractivity contribution in [3.8, 4) is 17.0 Å². The monoisotopic (exact) mass is 299 g/mol. The molecule has 106 valence electrons. The molecule has 0 fully saturated rings. The number of aldehydes is 1. The van der Waals surface area contributed by atoms with Crippen molar-refractivity contribution in [2.45, 2.75) is 6.92 Å². The van der Waals surface area contributed by atoms with Crippen LogP contribution in [0.4, 0.5) is 0 Å². The lowest BCUT2D eigenvalue weighted by molar-refractivity contribution is 0.112. The van der Waals surface area contributed by atoms with Crippen LogP contribution in [0.1, 0.15) is 15.9 Å². The molecule has 1 N–H and O–H groups in total. The summed E-state index contributed by atoms with van der Waals surface area (Å²) in [5.74, 6) is 0.779. The van der Waals surface area contributed by atoms with E-state index in [0.717, 1.165) is 39.8 Å². The molecular weight excluding hydrogens is 286 g/mol. The zero-order valence-electron chi connectivity index (χ0n) is 11.7. The summed E-state index contributed by atoms with van der Waals surface area (Å²) in [7, 11) is 1.63. The first-order valence-corrected chi connectivity index (χ1v) is 6.93. The van der Waals surface area contributed by atoms with Gasteiger partial charge in [-0.25, -0.2) is 0 Å². The van der Waals surface area contributed by atoms with Crippen molar-refractivity contribution >= 4 is 28.8 Å². The maximum atomic E-state index is 11.5. The predicted molar refractivity (Wildman–Crippen MR) is 85.4 cm³/mol. The Bertz CT molecular complexity index is 819. The molecule has 0 atom stereocenters. The van der Waals surface area contributed by atoms with Gasteiger partial charge in [-0.3, -0.25) is 4.79 Å². The molecule has 3 rings (SSSR count). The molecular formula is C17H14ClNO2. The highest BCUT2D eigenvalue weighted by molar-refractivity contribution is 6.31. The molecule has 1 aromatic heterocycles. The van der Waals surface area contributed by atoms with Gasteiger partial charge in [0.05, 0.1) is 12.8 Å². The van der Waals surface area contributed by atoms with Crippen molar-refractivity contribution in [3.05, 3.63) is 52.5 Å². The third-order valence-corrected chi connectivity index (χ3v) is 3.82. The topological polar surface area (TPSA) is 42.1 Å². The van der Waals surface area contributed by atoms with E-state index in [1.54, 1.807) is 7.11 Å². The highest BCUT2D eigenvalue weighted by atomic mass is 35.5. The molecule has 0 aliphatic carbocycles. The molecule has 1 heterocycles. The van der Waals surface area contributed by atoms with Gasteiger partial charge in [0.25, 0.3) is 0 Å². The molecule has 0 amide bonds. The lowest BCUT2D eigenvalue weighted by Crippen LogP contribution is -1.86. The zero-order chi connectivity index (χ0) is 15.0. The largest absolute Gasteiger partial charge is 0.497 e. The Hall–Kier alpha value is -2.26. The van der Waals surface area contributed by atoms with Crippen LogP contribution in [0.25, 0.3) is 22.2 Å². The number of benzene rings is 2. The van der Waals surface area contributed by atoms with E-state index in [2.05, 4.69) is 4.98 Å². The van der Waals surface area contributed by atoms with Gasteiger partial charge in [0.2, 0.25) is 0 Å². The quantitative estimate of drug-likeness (QED) is 0.717. The van der Waals surface area contributed by atoms with Gasteiger partial charge >= 0.3 is 0 Å². The predicted octanol–water partition coefficient (Wildman–Crippen LogP) is 4.62. The fourth-order valence-electron chi connectivity index (χ4n) is 2.56. The first-order valence-electron chi connectivity index (χ1n) is 6.55. The number of aromatic nitrogens is 1. The van der Waals surface area contributed by atoms with Gasteiger partial charge in [0, 0.05) is 21.5 Å². The van der Waals surface area contributed by atoms with Crippen LogP contribution in [0, 0.1) is 6.92 Å². The first kappa shape index (κ1) is 13.7. The Morgan fingerprint density at radius 2 is 1.90 bits per heavy atom. The van der Waals surface area contributed by atoms with Crippen LogP contribution in [-0.2, 0) is 0 Å². The first-order chi connectivity index (χ1) is 10.1. The van der Waals surface area contributed by atoms with Crippen molar-refractivity contribution in [2.24, 2.45) is 0 Å². The van der Waals surface area contributed by atoms with Gasteiger partial charge in [-0.1, -0.05) is 11.6 Å². The van der Waals surface area contributed by atoms with E-state index in [0.29, 0.717) is 10.6 Å². The summed E-state index contributed by atoms with van der Waals surface area (Å²) in [6, 6.07) is 11.3. The third-order valence-electron chi connectivity index (χ3n) is 3.61. The van der Waals surface area contributed by atoms with Crippen LogP contribution >= 0.6 is 11.6 Å². The molecule has 0 aliphatic heterocycles. The summed E-state index contributed by atoms with van der Waals surface area (Å²) in [5.41, 5.74) is 4.31. The summed E-state index contributed by atoms with van der Waals surface area (Å²) in [6.45, 7) is 1.97. The van der Waals surface area contributed by atoms with E-state index in [9.17, 15) is 4.79 Å². The van der Waals surface area contributed by atoms with Gasteiger partial charge < -0.3 is 9.72 Å². The number of aromatic amines is 1. The van der Waals surface area contributed by atoms with Crippen LogP contribution in [0.15, 0.2) is 36.4 Å². The van der Waals surface area contributed by atoms with E-state index in [-0.39, 0.29) is 0 Å².